The predicted octanol–water partition coefficient (Wildman–Crippen LogP) is 0.943. The molecule has 100 valence electrons. The zero-order chi connectivity index (χ0) is 13.1. The standard InChI is InChI=1S/C13H22N4O/c1-4-7-17(11-5-6-14-8-11)13(18)12-9-15-16(3)10(12)2/h9,11,14H,4-8H2,1-3H3/t11-/m0/s1. The predicted molar refractivity (Wildman–Crippen MR) is 70.5 cm³/mol. The molecule has 0 radical (unpaired) electrons. The maximum absolute atomic E-state index is 12.6. The first-order chi connectivity index (χ1) is 8.65. The van der Waals surface area contributed by atoms with Gasteiger partial charge in [0.2, 0.25) is 0 Å². The number of carbonyl (C=O) groups is 1. The average molecular weight is 250 g/mol. The number of carbonyl (C=O) groups excluding carboxylic acids is 1. The molecule has 1 aromatic heterocycles. The third-order valence-corrected chi connectivity index (χ3v) is 3.67. The van der Waals surface area contributed by atoms with E-state index in [4.69, 9.17) is 0 Å². The highest BCUT2D eigenvalue weighted by atomic mass is 16.2. The quantitative estimate of drug-likeness (QED) is 0.865. The van der Waals surface area contributed by atoms with Gasteiger partial charge in [-0.1, -0.05) is 6.92 Å². The van der Waals surface area contributed by atoms with Gasteiger partial charge < -0.3 is 10.2 Å². The molecular formula is C13H22N4O. The Morgan fingerprint density at radius 1 is 1.67 bits per heavy atom. The molecule has 1 aliphatic rings. The summed E-state index contributed by atoms with van der Waals surface area (Å²) in [6.07, 6.45) is 3.72. The van der Waals surface area contributed by atoms with Gasteiger partial charge in [0.1, 0.15) is 0 Å². The highest BCUT2D eigenvalue weighted by Crippen LogP contribution is 2.16. The van der Waals surface area contributed by atoms with Crippen molar-refractivity contribution < 1.29 is 4.79 Å². The summed E-state index contributed by atoms with van der Waals surface area (Å²) in [6, 6.07) is 0.331. The molecule has 1 aromatic rings. The highest BCUT2D eigenvalue weighted by molar-refractivity contribution is 5.95. The van der Waals surface area contributed by atoms with Crippen molar-refractivity contribution in [2.75, 3.05) is 19.6 Å². The van der Waals surface area contributed by atoms with Gasteiger partial charge in [0.15, 0.2) is 0 Å². The molecule has 18 heavy (non-hydrogen) atoms. The van der Waals surface area contributed by atoms with Crippen molar-refractivity contribution in [2.24, 2.45) is 7.05 Å². The van der Waals surface area contributed by atoms with Gasteiger partial charge in [0.25, 0.3) is 5.91 Å². The third-order valence-electron chi connectivity index (χ3n) is 3.67. The Bertz CT molecular complexity index is 421. The van der Waals surface area contributed by atoms with Crippen molar-refractivity contribution in [3.05, 3.63) is 17.5 Å². The lowest BCUT2D eigenvalue weighted by Crippen LogP contribution is -2.42. The maximum Gasteiger partial charge on any atom is 0.257 e. The fourth-order valence-electron chi connectivity index (χ4n) is 2.46. The van der Waals surface area contributed by atoms with Crippen LogP contribution in [0.2, 0.25) is 0 Å². The van der Waals surface area contributed by atoms with E-state index >= 15 is 0 Å². The summed E-state index contributed by atoms with van der Waals surface area (Å²) in [6.45, 7) is 6.78. The zero-order valence-electron chi connectivity index (χ0n) is 11.4. The lowest BCUT2D eigenvalue weighted by atomic mass is 10.1. The summed E-state index contributed by atoms with van der Waals surface area (Å²) in [7, 11) is 1.87. The van der Waals surface area contributed by atoms with Gasteiger partial charge in [-0.2, -0.15) is 5.10 Å². The Morgan fingerprint density at radius 2 is 2.44 bits per heavy atom. The van der Waals surface area contributed by atoms with E-state index in [-0.39, 0.29) is 5.91 Å². The average Bonchev–Trinajstić information content (AvgIpc) is 2.98. The first-order valence-electron chi connectivity index (χ1n) is 6.65. The molecule has 2 heterocycles. The van der Waals surface area contributed by atoms with Gasteiger partial charge in [0.05, 0.1) is 11.8 Å². The van der Waals surface area contributed by atoms with Crippen LogP contribution in [0.5, 0.6) is 0 Å². The zero-order valence-corrected chi connectivity index (χ0v) is 11.4. The number of hydrogen-bond acceptors (Lipinski definition) is 3. The minimum Gasteiger partial charge on any atom is -0.334 e. The summed E-state index contributed by atoms with van der Waals surface area (Å²) in [5.41, 5.74) is 1.67. The SMILES string of the molecule is CCCN(C(=O)c1cnn(C)c1C)[C@H]1CCNC1. The fraction of sp³-hybridized carbons (Fsp3) is 0.692. The fourth-order valence-corrected chi connectivity index (χ4v) is 2.46. The summed E-state index contributed by atoms with van der Waals surface area (Å²) in [5.74, 6) is 0.121. The van der Waals surface area contributed by atoms with Crippen molar-refractivity contribution in [1.82, 2.24) is 20.0 Å². The second-order valence-electron chi connectivity index (χ2n) is 4.91. The number of nitrogens with zero attached hydrogens (tertiary/aromatic N) is 3. The summed E-state index contributed by atoms with van der Waals surface area (Å²) < 4.78 is 1.75. The monoisotopic (exact) mass is 250 g/mol. The molecule has 1 N–H and O–H groups in total. The molecule has 1 amide bonds. The Hall–Kier alpha value is -1.36. The van der Waals surface area contributed by atoms with Crippen LogP contribution < -0.4 is 5.32 Å². The molecule has 0 aliphatic carbocycles. The summed E-state index contributed by atoms with van der Waals surface area (Å²) in [4.78, 5) is 14.6. The van der Waals surface area contributed by atoms with E-state index in [0.717, 1.165) is 43.7 Å². The van der Waals surface area contributed by atoms with Crippen LogP contribution in [0.1, 0.15) is 35.8 Å². The Labute approximate surface area is 108 Å². The van der Waals surface area contributed by atoms with Crippen molar-refractivity contribution in [3.63, 3.8) is 0 Å². The smallest absolute Gasteiger partial charge is 0.257 e. The normalized spacial score (nSPS) is 19.2. The molecule has 5 nitrogen and oxygen atoms in total. The molecule has 1 fully saturated rings. The van der Waals surface area contributed by atoms with E-state index in [1.165, 1.54) is 0 Å². The van der Waals surface area contributed by atoms with Crippen LogP contribution >= 0.6 is 0 Å². The molecule has 2 rings (SSSR count). The minimum atomic E-state index is 0.121. The molecule has 0 aromatic carbocycles. The van der Waals surface area contributed by atoms with E-state index < -0.39 is 0 Å². The lowest BCUT2D eigenvalue weighted by molar-refractivity contribution is 0.0691. The van der Waals surface area contributed by atoms with Crippen molar-refractivity contribution in [1.29, 1.82) is 0 Å². The minimum absolute atomic E-state index is 0.121. The van der Waals surface area contributed by atoms with Crippen LogP contribution in [0.3, 0.4) is 0 Å². The van der Waals surface area contributed by atoms with E-state index in [2.05, 4.69) is 17.3 Å². The van der Waals surface area contributed by atoms with E-state index in [0.29, 0.717) is 6.04 Å². The van der Waals surface area contributed by atoms with Crippen molar-refractivity contribution in [3.8, 4) is 0 Å². The number of aromatic nitrogens is 2. The van der Waals surface area contributed by atoms with Gasteiger partial charge in [-0.05, 0) is 26.3 Å². The molecule has 1 saturated heterocycles. The van der Waals surface area contributed by atoms with Gasteiger partial charge >= 0.3 is 0 Å². The summed E-state index contributed by atoms with van der Waals surface area (Å²) in [5, 5.41) is 7.48. The van der Waals surface area contributed by atoms with Crippen LogP contribution in [-0.2, 0) is 7.05 Å². The second kappa shape index (κ2) is 5.52. The molecule has 0 saturated carbocycles. The molecular weight excluding hydrogens is 228 g/mol. The summed E-state index contributed by atoms with van der Waals surface area (Å²) >= 11 is 0. The highest BCUT2D eigenvalue weighted by Gasteiger charge is 2.28. The Morgan fingerprint density at radius 3 is 2.94 bits per heavy atom. The second-order valence-corrected chi connectivity index (χ2v) is 4.91. The lowest BCUT2D eigenvalue weighted by Gasteiger charge is -2.28. The molecule has 0 bridgehead atoms. The number of nitrogens with one attached hydrogen (secondary N) is 1. The van der Waals surface area contributed by atoms with Crippen LogP contribution in [0, 0.1) is 6.92 Å². The number of hydrogen-bond donors (Lipinski definition) is 1. The third kappa shape index (κ3) is 2.41. The molecule has 5 heteroatoms. The van der Waals surface area contributed by atoms with E-state index in [9.17, 15) is 4.79 Å². The van der Waals surface area contributed by atoms with Crippen molar-refractivity contribution in [2.45, 2.75) is 32.7 Å². The topological polar surface area (TPSA) is 50.2 Å². The van der Waals surface area contributed by atoms with Gasteiger partial charge in [-0.25, -0.2) is 0 Å². The van der Waals surface area contributed by atoms with Crippen LogP contribution in [-0.4, -0.2) is 46.3 Å². The van der Waals surface area contributed by atoms with Crippen LogP contribution in [0.25, 0.3) is 0 Å². The van der Waals surface area contributed by atoms with Gasteiger partial charge in [-0.3, -0.25) is 9.48 Å². The molecule has 1 aliphatic heterocycles. The Balaban J connectivity index is 2.19. The molecule has 0 unspecified atom stereocenters. The van der Waals surface area contributed by atoms with E-state index in [1.54, 1.807) is 10.9 Å². The van der Waals surface area contributed by atoms with E-state index in [1.807, 2.05) is 18.9 Å². The van der Waals surface area contributed by atoms with Crippen LogP contribution in [0.4, 0.5) is 0 Å². The number of aryl methyl sites for hydroxylation is 1. The molecule has 0 spiro atoms. The Kier molecular flexibility index (Phi) is 4.01. The number of rotatable bonds is 4. The van der Waals surface area contributed by atoms with Crippen LogP contribution in [0.15, 0.2) is 6.20 Å². The van der Waals surface area contributed by atoms with Crippen molar-refractivity contribution >= 4 is 5.91 Å². The largest absolute Gasteiger partial charge is 0.334 e. The number of amides is 1. The maximum atomic E-state index is 12.6. The van der Waals surface area contributed by atoms with Gasteiger partial charge in [-0.15, -0.1) is 0 Å². The van der Waals surface area contributed by atoms with Gasteiger partial charge in [0, 0.05) is 31.9 Å². The first kappa shape index (κ1) is 13.1. The first-order valence-corrected chi connectivity index (χ1v) is 6.65. The molecule has 1 atom stereocenters.